The van der Waals surface area contributed by atoms with Crippen LogP contribution < -0.4 is 10.2 Å². The number of ether oxygens (including phenoxy) is 1. The van der Waals surface area contributed by atoms with Crippen molar-refractivity contribution in [1.82, 2.24) is 0 Å². The third-order valence-corrected chi connectivity index (χ3v) is 2.69. The van der Waals surface area contributed by atoms with E-state index in [0.29, 0.717) is 17.7 Å². The number of hydrogen-bond donors (Lipinski definition) is 0. The predicted octanol–water partition coefficient (Wildman–Crippen LogP) is 3.68. The molecule has 2 aromatic rings. The van der Waals surface area contributed by atoms with Crippen molar-refractivity contribution in [2.24, 2.45) is 0 Å². The summed E-state index contributed by atoms with van der Waals surface area (Å²) in [6, 6.07) is 8.90. The first-order valence-corrected chi connectivity index (χ1v) is 5.87. The quantitative estimate of drug-likeness (QED) is 0.755. The molecule has 0 bridgehead atoms. The number of rotatable bonds is 4. The van der Waals surface area contributed by atoms with Crippen LogP contribution in [0.1, 0.15) is 13.3 Å². The Morgan fingerprint density at radius 3 is 2.33 bits per heavy atom. The summed E-state index contributed by atoms with van der Waals surface area (Å²) < 4.78 is 43.2. The van der Waals surface area contributed by atoms with Crippen LogP contribution in [-0.4, -0.2) is 13.6 Å². The predicted molar refractivity (Wildman–Crippen MR) is 68.4 cm³/mol. The van der Waals surface area contributed by atoms with Gasteiger partial charge in [-0.3, -0.25) is 0 Å². The largest absolute Gasteiger partial charge is 0.509 e. The maximum atomic E-state index is 12.6. The minimum absolute atomic E-state index is 0.565. The molecule has 2 aromatic carbocycles. The zero-order valence-electron chi connectivity index (χ0n) is 10.00. The molecule has 2 rings (SSSR count). The van der Waals surface area contributed by atoms with Gasteiger partial charge in [0.05, 0.1) is 6.61 Å². The third-order valence-electron chi connectivity index (χ3n) is 2.69. The van der Waals surface area contributed by atoms with Gasteiger partial charge < -0.3 is 17.7 Å². The van der Waals surface area contributed by atoms with Gasteiger partial charge in [-0.15, -0.1) is 5.46 Å². The van der Waals surface area contributed by atoms with Crippen LogP contribution in [0.15, 0.2) is 36.4 Å². The Balaban J connectivity index is 2.36. The van der Waals surface area contributed by atoms with E-state index in [2.05, 4.69) is 0 Å². The zero-order valence-corrected chi connectivity index (χ0v) is 10.00. The van der Waals surface area contributed by atoms with E-state index >= 15 is 0 Å². The molecule has 0 aliphatic rings. The van der Waals surface area contributed by atoms with Crippen molar-refractivity contribution in [3.05, 3.63) is 36.4 Å². The Kier molecular flexibility index (Phi) is 3.50. The summed E-state index contributed by atoms with van der Waals surface area (Å²) in [4.78, 5) is 0. The van der Waals surface area contributed by atoms with Crippen molar-refractivity contribution in [1.29, 1.82) is 0 Å². The standard InChI is InChI=1S/C13H13BF3O/c1-2-7-18-13-6-4-10-8-12(14(15,16)17)5-3-11(10)9-13/h3-6,8-9H,2,7H2,1H3/q-1. The van der Waals surface area contributed by atoms with Crippen LogP contribution in [0.2, 0.25) is 0 Å². The molecule has 5 heteroatoms. The van der Waals surface area contributed by atoms with Crippen molar-refractivity contribution in [2.75, 3.05) is 6.61 Å². The van der Waals surface area contributed by atoms with Gasteiger partial charge in [0, 0.05) is 0 Å². The summed E-state index contributed by atoms with van der Waals surface area (Å²) in [5, 5.41) is 1.34. The molecule has 18 heavy (non-hydrogen) atoms. The SMILES string of the molecule is CCCOc1ccc2cc([B-](F)(F)F)ccc2c1. The van der Waals surface area contributed by atoms with Gasteiger partial charge in [-0.25, -0.2) is 0 Å². The molecule has 0 saturated heterocycles. The molecule has 0 spiro atoms. The van der Waals surface area contributed by atoms with Gasteiger partial charge in [-0.1, -0.05) is 31.2 Å². The van der Waals surface area contributed by atoms with Gasteiger partial charge in [-0.2, -0.15) is 0 Å². The van der Waals surface area contributed by atoms with E-state index in [9.17, 15) is 12.9 Å². The van der Waals surface area contributed by atoms with E-state index in [1.807, 2.05) is 6.92 Å². The average molecular weight is 253 g/mol. The fourth-order valence-corrected chi connectivity index (χ4v) is 1.76. The highest BCUT2D eigenvalue weighted by Gasteiger charge is 2.25. The first kappa shape index (κ1) is 12.8. The van der Waals surface area contributed by atoms with Gasteiger partial charge in [0.25, 0.3) is 0 Å². The summed E-state index contributed by atoms with van der Waals surface area (Å²) in [7, 11) is 0. The van der Waals surface area contributed by atoms with Gasteiger partial charge in [-0.05, 0) is 29.3 Å². The molecule has 0 fully saturated rings. The van der Waals surface area contributed by atoms with Crippen molar-refractivity contribution < 1.29 is 17.7 Å². The fourth-order valence-electron chi connectivity index (χ4n) is 1.76. The average Bonchev–Trinajstić information content (AvgIpc) is 2.34. The second-order valence-electron chi connectivity index (χ2n) is 4.19. The molecule has 0 heterocycles. The molecule has 0 saturated carbocycles. The highest BCUT2D eigenvalue weighted by Crippen LogP contribution is 2.21. The summed E-state index contributed by atoms with van der Waals surface area (Å²) in [5.74, 6) is 0.689. The Bertz CT molecular complexity index is 551. The molecule has 1 nitrogen and oxygen atoms in total. The Hall–Kier alpha value is -1.65. The van der Waals surface area contributed by atoms with E-state index in [1.165, 1.54) is 12.1 Å². The van der Waals surface area contributed by atoms with E-state index in [0.717, 1.165) is 17.9 Å². The van der Waals surface area contributed by atoms with Gasteiger partial charge in [0.15, 0.2) is 0 Å². The molecule has 0 aromatic heterocycles. The molecule has 0 radical (unpaired) electrons. The van der Waals surface area contributed by atoms with Crippen molar-refractivity contribution in [2.45, 2.75) is 13.3 Å². The fraction of sp³-hybridized carbons (Fsp3) is 0.231. The Labute approximate surface area is 104 Å². The van der Waals surface area contributed by atoms with E-state index < -0.39 is 12.4 Å². The first-order chi connectivity index (χ1) is 8.50. The Morgan fingerprint density at radius 2 is 1.67 bits per heavy atom. The monoisotopic (exact) mass is 253 g/mol. The lowest BCUT2D eigenvalue weighted by atomic mass is 9.79. The lowest BCUT2D eigenvalue weighted by Gasteiger charge is -2.15. The van der Waals surface area contributed by atoms with Crippen LogP contribution in [0.3, 0.4) is 0 Å². The summed E-state index contributed by atoms with van der Waals surface area (Å²) in [6.07, 6.45) is 0.896. The van der Waals surface area contributed by atoms with Crippen LogP contribution in [0.4, 0.5) is 12.9 Å². The van der Waals surface area contributed by atoms with E-state index in [-0.39, 0.29) is 0 Å². The maximum Gasteiger partial charge on any atom is 0.509 e. The number of benzene rings is 2. The third kappa shape index (κ3) is 2.78. The van der Waals surface area contributed by atoms with Gasteiger partial charge in [0.2, 0.25) is 0 Å². The molecule has 0 atom stereocenters. The lowest BCUT2D eigenvalue weighted by molar-refractivity contribution is 0.318. The minimum atomic E-state index is -4.94. The topological polar surface area (TPSA) is 9.23 Å². The second-order valence-corrected chi connectivity index (χ2v) is 4.19. The van der Waals surface area contributed by atoms with Crippen LogP contribution >= 0.6 is 0 Å². The smallest absolute Gasteiger partial charge is 0.494 e. The van der Waals surface area contributed by atoms with Crippen molar-refractivity contribution in [3.8, 4) is 5.75 Å². The molecular formula is C13H13BF3O-. The van der Waals surface area contributed by atoms with E-state index in [1.54, 1.807) is 18.2 Å². The van der Waals surface area contributed by atoms with Crippen molar-refractivity contribution in [3.63, 3.8) is 0 Å². The molecule has 0 amide bonds. The number of halogens is 3. The number of hydrogen-bond acceptors (Lipinski definition) is 1. The lowest BCUT2D eigenvalue weighted by Crippen LogP contribution is -2.33. The molecule has 0 aliphatic heterocycles. The summed E-state index contributed by atoms with van der Waals surface area (Å²) >= 11 is 0. The summed E-state index contributed by atoms with van der Waals surface area (Å²) in [5.41, 5.74) is -0.565. The Morgan fingerprint density at radius 1 is 1.00 bits per heavy atom. The first-order valence-electron chi connectivity index (χ1n) is 5.87. The molecule has 0 N–H and O–H groups in total. The van der Waals surface area contributed by atoms with E-state index in [4.69, 9.17) is 4.74 Å². The second kappa shape index (κ2) is 4.92. The highest BCUT2D eigenvalue weighted by atomic mass is 19.4. The molecular weight excluding hydrogens is 240 g/mol. The number of fused-ring (bicyclic) bond motifs is 1. The minimum Gasteiger partial charge on any atom is -0.494 e. The van der Waals surface area contributed by atoms with Crippen molar-refractivity contribution >= 4 is 23.2 Å². The van der Waals surface area contributed by atoms with Crippen LogP contribution in [0.25, 0.3) is 10.8 Å². The summed E-state index contributed by atoms with van der Waals surface area (Å²) in [6.45, 7) is -2.33. The molecule has 0 unspecified atom stereocenters. The van der Waals surface area contributed by atoms with Crippen LogP contribution in [-0.2, 0) is 0 Å². The van der Waals surface area contributed by atoms with Gasteiger partial charge in [0.1, 0.15) is 5.75 Å². The molecule has 96 valence electrons. The molecule has 0 aliphatic carbocycles. The van der Waals surface area contributed by atoms with Crippen LogP contribution in [0.5, 0.6) is 5.75 Å². The van der Waals surface area contributed by atoms with Crippen LogP contribution in [0, 0.1) is 0 Å². The maximum absolute atomic E-state index is 12.6. The van der Waals surface area contributed by atoms with Gasteiger partial charge >= 0.3 is 6.98 Å². The highest BCUT2D eigenvalue weighted by molar-refractivity contribution is 6.73. The normalized spacial score (nSPS) is 11.8. The zero-order chi connectivity index (χ0) is 13.2.